The first kappa shape index (κ1) is 16.6. The first-order valence-corrected chi connectivity index (χ1v) is 8.42. The van der Waals surface area contributed by atoms with Crippen LogP contribution in [0.25, 0.3) is 0 Å². The molecule has 6 heteroatoms. The van der Waals surface area contributed by atoms with Gasteiger partial charge in [-0.15, -0.1) is 10.2 Å². The summed E-state index contributed by atoms with van der Waals surface area (Å²) in [6.07, 6.45) is 2.23. The topological polar surface area (TPSA) is 83.6 Å². The zero-order valence-corrected chi connectivity index (χ0v) is 14.8. The Morgan fingerprint density at radius 1 is 1.38 bits per heavy atom. The quantitative estimate of drug-likeness (QED) is 0.884. The molecule has 24 heavy (non-hydrogen) atoms. The maximum atomic E-state index is 12.8. The number of rotatable bonds is 5. The van der Waals surface area contributed by atoms with Gasteiger partial charge in [0, 0.05) is 11.8 Å². The van der Waals surface area contributed by atoms with Crippen molar-refractivity contribution in [2.24, 2.45) is 5.41 Å². The number of aromatic amines is 1. The fraction of sp³-hybridized carbons (Fsp3) is 0.556. The number of benzene rings is 1. The number of nitrogens with zero attached hydrogens (tertiary/aromatic N) is 3. The fourth-order valence-electron chi connectivity index (χ4n) is 3.46. The summed E-state index contributed by atoms with van der Waals surface area (Å²) in [4.78, 5) is 12.8. The van der Waals surface area contributed by atoms with Crippen molar-refractivity contribution in [3.63, 3.8) is 0 Å². The molecule has 0 fully saturated rings. The lowest BCUT2D eigenvalue weighted by molar-refractivity contribution is -0.130. The Bertz CT molecular complexity index is 721. The Hall–Kier alpha value is -2.24. The van der Waals surface area contributed by atoms with E-state index in [-0.39, 0.29) is 17.4 Å². The zero-order chi connectivity index (χ0) is 17.4. The summed E-state index contributed by atoms with van der Waals surface area (Å²) in [5, 5.41) is 17.2. The Morgan fingerprint density at radius 2 is 2.12 bits per heavy atom. The monoisotopic (exact) mass is 327 g/mol. The molecule has 1 heterocycles. The number of nitrogens with one attached hydrogen (secondary N) is 2. The van der Waals surface area contributed by atoms with Gasteiger partial charge in [0.15, 0.2) is 5.82 Å². The molecule has 0 aliphatic heterocycles. The standard InChI is InChI=1S/C18H25N5O/c1-17(2,10-9-15-20-22-23-21-15)16(24)19-14-11-18(3,4)13-8-6-5-7-12(13)14/h5-8,14H,9-11H2,1-4H3,(H,19,24)(H,20,21,22,23). The minimum absolute atomic E-state index is 0.0727. The van der Waals surface area contributed by atoms with E-state index < -0.39 is 5.41 Å². The summed E-state index contributed by atoms with van der Waals surface area (Å²) >= 11 is 0. The zero-order valence-electron chi connectivity index (χ0n) is 14.8. The van der Waals surface area contributed by atoms with Crippen LogP contribution in [0.4, 0.5) is 0 Å². The molecule has 2 aromatic rings. The first-order chi connectivity index (χ1) is 11.3. The van der Waals surface area contributed by atoms with Gasteiger partial charge < -0.3 is 5.32 Å². The number of hydrogen-bond donors (Lipinski definition) is 2. The lowest BCUT2D eigenvalue weighted by Gasteiger charge is -2.26. The molecule has 1 aliphatic rings. The maximum Gasteiger partial charge on any atom is 0.226 e. The molecule has 0 bridgehead atoms. The van der Waals surface area contributed by atoms with E-state index in [0.717, 1.165) is 6.42 Å². The molecule has 1 amide bonds. The van der Waals surface area contributed by atoms with Gasteiger partial charge in [0.1, 0.15) is 0 Å². The predicted molar refractivity (Wildman–Crippen MR) is 91.2 cm³/mol. The molecule has 0 saturated carbocycles. The van der Waals surface area contributed by atoms with Gasteiger partial charge in [-0.2, -0.15) is 5.21 Å². The van der Waals surface area contributed by atoms with E-state index in [1.54, 1.807) is 0 Å². The number of carbonyl (C=O) groups is 1. The molecule has 1 aromatic heterocycles. The number of H-pyrrole nitrogens is 1. The van der Waals surface area contributed by atoms with Gasteiger partial charge in [0.25, 0.3) is 0 Å². The van der Waals surface area contributed by atoms with Crippen molar-refractivity contribution in [2.75, 3.05) is 0 Å². The third-order valence-corrected chi connectivity index (χ3v) is 5.06. The number of carbonyl (C=O) groups excluding carboxylic acids is 1. The van der Waals surface area contributed by atoms with Crippen LogP contribution in [0.1, 0.15) is 63.5 Å². The van der Waals surface area contributed by atoms with Gasteiger partial charge >= 0.3 is 0 Å². The van der Waals surface area contributed by atoms with E-state index >= 15 is 0 Å². The number of hydrogen-bond acceptors (Lipinski definition) is 4. The van der Waals surface area contributed by atoms with Crippen molar-refractivity contribution in [3.05, 3.63) is 41.2 Å². The van der Waals surface area contributed by atoms with Crippen molar-refractivity contribution in [1.29, 1.82) is 0 Å². The molecule has 1 unspecified atom stereocenters. The van der Waals surface area contributed by atoms with E-state index in [2.05, 4.69) is 58.0 Å². The Balaban J connectivity index is 1.68. The minimum atomic E-state index is -0.484. The van der Waals surface area contributed by atoms with Gasteiger partial charge in [0.05, 0.1) is 6.04 Å². The van der Waals surface area contributed by atoms with Crippen molar-refractivity contribution < 1.29 is 4.79 Å². The van der Waals surface area contributed by atoms with E-state index in [1.807, 2.05) is 19.9 Å². The van der Waals surface area contributed by atoms with Crippen molar-refractivity contribution in [1.82, 2.24) is 25.9 Å². The molecule has 0 spiro atoms. The predicted octanol–water partition coefficient (Wildman–Crippen LogP) is 2.70. The Kier molecular flexibility index (Phi) is 4.15. The lowest BCUT2D eigenvalue weighted by atomic mass is 9.85. The highest BCUT2D eigenvalue weighted by molar-refractivity contribution is 5.82. The molecule has 1 aromatic carbocycles. The van der Waals surface area contributed by atoms with Crippen LogP contribution in [-0.4, -0.2) is 26.5 Å². The van der Waals surface area contributed by atoms with Gasteiger partial charge in [-0.05, 0) is 29.4 Å². The molecule has 1 aliphatic carbocycles. The molecule has 128 valence electrons. The fourth-order valence-corrected chi connectivity index (χ4v) is 3.46. The Labute approximate surface area is 142 Å². The normalized spacial score (nSPS) is 19.1. The molecule has 6 nitrogen and oxygen atoms in total. The highest BCUT2D eigenvalue weighted by atomic mass is 16.2. The summed E-state index contributed by atoms with van der Waals surface area (Å²) in [5.74, 6) is 0.715. The second-order valence-corrected chi connectivity index (χ2v) is 7.91. The van der Waals surface area contributed by atoms with Crippen LogP contribution in [0.15, 0.2) is 24.3 Å². The maximum absolute atomic E-state index is 12.8. The van der Waals surface area contributed by atoms with Crippen LogP contribution < -0.4 is 5.32 Å². The van der Waals surface area contributed by atoms with Crippen LogP contribution >= 0.6 is 0 Å². The lowest BCUT2D eigenvalue weighted by Crippen LogP contribution is -2.39. The molecule has 1 atom stereocenters. The van der Waals surface area contributed by atoms with E-state index in [9.17, 15) is 4.79 Å². The average Bonchev–Trinajstić information content (AvgIpc) is 3.13. The van der Waals surface area contributed by atoms with Gasteiger partial charge in [0.2, 0.25) is 5.91 Å². The van der Waals surface area contributed by atoms with Crippen molar-refractivity contribution in [3.8, 4) is 0 Å². The van der Waals surface area contributed by atoms with Crippen molar-refractivity contribution in [2.45, 2.75) is 58.4 Å². The van der Waals surface area contributed by atoms with Crippen molar-refractivity contribution >= 4 is 5.91 Å². The molecular weight excluding hydrogens is 302 g/mol. The summed E-state index contributed by atoms with van der Waals surface area (Å²) in [7, 11) is 0. The molecular formula is C18H25N5O. The second-order valence-electron chi connectivity index (χ2n) is 7.91. The van der Waals surface area contributed by atoms with Crippen LogP contribution in [0.3, 0.4) is 0 Å². The van der Waals surface area contributed by atoms with Gasteiger partial charge in [-0.3, -0.25) is 4.79 Å². The van der Waals surface area contributed by atoms with Crippen LogP contribution in [-0.2, 0) is 16.6 Å². The molecule has 3 rings (SSSR count). The number of aryl methyl sites for hydroxylation is 1. The molecule has 2 N–H and O–H groups in total. The van der Waals surface area contributed by atoms with Gasteiger partial charge in [-0.25, -0.2) is 0 Å². The highest BCUT2D eigenvalue weighted by Gasteiger charge is 2.39. The van der Waals surface area contributed by atoms with Gasteiger partial charge in [-0.1, -0.05) is 57.2 Å². The average molecular weight is 327 g/mol. The third kappa shape index (κ3) is 3.18. The summed E-state index contributed by atoms with van der Waals surface area (Å²) in [6.45, 7) is 8.40. The molecule has 0 radical (unpaired) electrons. The van der Waals surface area contributed by atoms with E-state index in [1.165, 1.54) is 11.1 Å². The SMILES string of the molecule is CC(C)(CCc1nn[nH]n1)C(=O)NC1CC(C)(C)c2ccccc21. The summed E-state index contributed by atoms with van der Waals surface area (Å²) in [5.41, 5.74) is 2.18. The second kappa shape index (κ2) is 6.00. The van der Waals surface area contributed by atoms with E-state index in [4.69, 9.17) is 0 Å². The Morgan fingerprint density at radius 3 is 2.83 bits per heavy atom. The number of amides is 1. The van der Waals surface area contributed by atoms with Crippen LogP contribution in [0.5, 0.6) is 0 Å². The summed E-state index contributed by atoms with van der Waals surface area (Å²) < 4.78 is 0. The summed E-state index contributed by atoms with van der Waals surface area (Å²) in [6, 6.07) is 8.48. The molecule has 0 saturated heterocycles. The van der Waals surface area contributed by atoms with Crippen LogP contribution in [0.2, 0.25) is 0 Å². The smallest absolute Gasteiger partial charge is 0.226 e. The number of aromatic nitrogens is 4. The first-order valence-electron chi connectivity index (χ1n) is 8.42. The van der Waals surface area contributed by atoms with Crippen LogP contribution in [0, 0.1) is 5.41 Å². The highest BCUT2D eigenvalue weighted by Crippen LogP contribution is 2.44. The number of tetrazole rings is 1. The third-order valence-electron chi connectivity index (χ3n) is 5.06. The number of fused-ring (bicyclic) bond motifs is 1. The largest absolute Gasteiger partial charge is 0.349 e. The van der Waals surface area contributed by atoms with E-state index in [0.29, 0.717) is 18.7 Å². The minimum Gasteiger partial charge on any atom is -0.349 e.